The molecule has 2 heterocycles. The van der Waals surface area contributed by atoms with Gasteiger partial charge in [0.1, 0.15) is 30.5 Å². The van der Waals surface area contributed by atoms with Gasteiger partial charge in [-0.3, -0.25) is 23.8 Å². The predicted molar refractivity (Wildman–Crippen MR) is 192 cm³/mol. The maximum Gasteiger partial charge on any atom is 0.410 e. The Morgan fingerprint density at radius 1 is 0.904 bits per heavy atom. The molecule has 4 rings (SSSR count). The van der Waals surface area contributed by atoms with Crippen LogP contribution in [0.5, 0.6) is 0 Å². The van der Waals surface area contributed by atoms with Crippen LogP contribution in [0.1, 0.15) is 63.0 Å². The van der Waals surface area contributed by atoms with Crippen molar-refractivity contribution < 1.29 is 42.9 Å². The van der Waals surface area contributed by atoms with E-state index in [0.29, 0.717) is 57.2 Å². The van der Waals surface area contributed by atoms with Gasteiger partial charge in [0, 0.05) is 19.5 Å². The molecule has 0 spiro atoms. The molecule has 2 aromatic carbocycles. The number of hydrogen-bond donors (Lipinski definition) is 5. The van der Waals surface area contributed by atoms with E-state index in [9.17, 15) is 33.4 Å². The number of carbonyl (C=O) groups is 5. The molecular weight excluding hydrogens is 691 g/mol. The van der Waals surface area contributed by atoms with Crippen molar-refractivity contribution >= 4 is 37.3 Å². The zero-order valence-electron chi connectivity index (χ0n) is 29.8. The molecule has 2 aliphatic rings. The van der Waals surface area contributed by atoms with E-state index in [4.69, 9.17) is 15.2 Å². The van der Waals surface area contributed by atoms with Gasteiger partial charge >= 0.3 is 12.1 Å². The minimum absolute atomic E-state index is 0.0425. The summed E-state index contributed by atoms with van der Waals surface area (Å²) in [6.07, 6.45) is 2.43. The Morgan fingerprint density at radius 2 is 1.52 bits per heavy atom. The summed E-state index contributed by atoms with van der Waals surface area (Å²) in [4.78, 5) is 80.4. The molecule has 2 aromatic rings. The van der Waals surface area contributed by atoms with E-state index in [0.717, 1.165) is 5.56 Å². The van der Waals surface area contributed by atoms with Crippen molar-refractivity contribution in [2.75, 3.05) is 26.7 Å². The smallest absolute Gasteiger partial charge is 0.410 e. The highest BCUT2D eigenvalue weighted by Gasteiger charge is 2.42. The number of nitrogens with two attached hydrogens (primary N) is 1. The van der Waals surface area contributed by atoms with Gasteiger partial charge in [-0.05, 0) is 69.5 Å². The van der Waals surface area contributed by atoms with Crippen LogP contribution in [-0.4, -0.2) is 101 Å². The molecule has 0 radical (unpaired) electrons. The molecule has 0 aliphatic carbocycles. The van der Waals surface area contributed by atoms with Gasteiger partial charge < -0.3 is 35.6 Å². The third kappa shape index (κ3) is 11.1. The van der Waals surface area contributed by atoms with Crippen LogP contribution < -0.4 is 21.5 Å². The lowest BCUT2D eigenvalue weighted by Crippen LogP contribution is -2.55. The number of esters is 1. The Balaban J connectivity index is 1.48. The topological polar surface area (TPSA) is 210 Å². The summed E-state index contributed by atoms with van der Waals surface area (Å²) in [5.41, 5.74) is 7.15. The second-order valence-electron chi connectivity index (χ2n) is 13.1. The third-order valence-electron chi connectivity index (χ3n) is 9.34. The Morgan fingerprint density at radius 3 is 2.15 bits per heavy atom. The van der Waals surface area contributed by atoms with E-state index in [1.807, 2.05) is 30.3 Å². The summed E-state index contributed by atoms with van der Waals surface area (Å²) in [6, 6.07) is 14.0. The first-order valence-electron chi connectivity index (χ1n) is 17.8. The van der Waals surface area contributed by atoms with Gasteiger partial charge in [0.25, 0.3) is 7.52 Å². The lowest BCUT2D eigenvalue weighted by Gasteiger charge is -2.31. The summed E-state index contributed by atoms with van der Waals surface area (Å²) in [7, 11) is -3.32. The van der Waals surface area contributed by atoms with Gasteiger partial charge in [0.2, 0.25) is 17.7 Å². The van der Waals surface area contributed by atoms with E-state index in [1.54, 1.807) is 30.3 Å². The highest BCUT2D eigenvalue weighted by Crippen LogP contribution is 2.43. The summed E-state index contributed by atoms with van der Waals surface area (Å²) in [5, 5.41) is 8.01. The molecule has 6 N–H and O–H groups in total. The first-order valence-corrected chi connectivity index (χ1v) is 19.5. The molecule has 4 amide bonds. The highest BCUT2D eigenvalue weighted by molar-refractivity contribution is 7.56. The average molecular weight is 743 g/mol. The molecule has 16 heteroatoms. The molecular formula is C36H51N6O9P. The molecule has 2 aliphatic heterocycles. The highest BCUT2D eigenvalue weighted by atomic mass is 31.2. The quantitative estimate of drug-likeness (QED) is 0.0903. The first-order chi connectivity index (χ1) is 24.9. The Labute approximate surface area is 304 Å². The fourth-order valence-electron chi connectivity index (χ4n) is 6.54. The van der Waals surface area contributed by atoms with Crippen LogP contribution in [0.2, 0.25) is 0 Å². The second-order valence-corrected chi connectivity index (χ2v) is 15.3. The second kappa shape index (κ2) is 19.5. The number of nitrogens with zero attached hydrogens (tertiary/aromatic N) is 2. The van der Waals surface area contributed by atoms with E-state index >= 15 is 0 Å². The minimum Gasteiger partial charge on any atom is -0.467 e. The number of unbranched alkanes of at least 4 members (excludes halogenated alkanes) is 1. The van der Waals surface area contributed by atoms with Crippen LogP contribution in [0.3, 0.4) is 0 Å². The number of rotatable bonds is 17. The molecule has 2 fully saturated rings. The van der Waals surface area contributed by atoms with Crippen molar-refractivity contribution in [3.63, 3.8) is 0 Å². The maximum atomic E-state index is 14.1. The van der Waals surface area contributed by atoms with Crippen molar-refractivity contribution in [3.8, 4) is 0 Å². The molecule has 52 heavy (non-hydrogen) atoms. The van der Waals surface area contributed by atoms with E-state index < -0.39 is 67.3 Å². The lowest BCUT2D eigenvalue weighted by atomic mass is 10.1. The van der Waals surface area contributed by atoms with Crippen LogP contribution in [0.15, 0.2) is 60.7 Å². The Hall–Kier alpha value is -4.30. The van der Waals surface area contributed by atoms with Gasteiger partial charge in [-0.25, -0.2) is 14.7 Å². The van der Waals surface area contributed by atoms with Crippen LogP contribution in [-0.2, 0) is 46.2 Å². The summed E-state index contributed by atoms with van der Waals surface area (Å²) in [5.74, 6) is -3.77. The van der Waals surface area contributed by atoms with Crippen LogP contribution in [0.4, 0.5) is 4.79 Å². The van der Waals surface area contributed by atoms with Crippen molar-refractivity contribution in [1.82, 2.24) is 25.5 Å². The zero-order valence-corrected chi connectivity index (χ0v) is 30.7. The van der Waals surface area contributed by atoms with E-state index in [-0.39, 0.29) is 26.0 Å². The number of nitrogens with one attached hydrogen (secondary N) is 3. The van der Waals surface area contributed by atoms with Crippen LogP contribution in [0.25, 0.3) is 0 Å². The number of benzene rings is 2. The molecule has 0 saturated carbocycles. The molecule has 0 aromatic heterocycles. The van der Waals surface area contributed by atoms with Crippen LogP contribution in [0, 0.1) is 0 Å². The Bertz CT molecular complexity index is 1570. The number of amides is 4. The monoisotopic (exact) mass is 742 g/mol. The summed E-state index contributed by atoms with van der Waals surface area (Å²) in [6.45, 7) is 2.42. The van der Waals surface area contributed by atoms with Gasteiger partial charge in [0.05, 0.1) is 13.2 Å². The normalized spacial score (nSPS) is 19.9. The van der Waals surface area contributed by atoms with Gasteiger partial charge in [-0.1, -0.05) is 60.7 Å². The summed E-state index contributed by atoms with van der Waals surface area (Å²) >= 11 is 0. The molecule has 0 bridgehead atoms. The SMILES string of the molecule is COC(=O)[C@@H]1CCCN1C(=O)[C@H](C)NP(=O)(O)[C@@H](Cc1ccccc1)NC(=O)[C@@H](CCCCN)NC(=O)[C@@H]1CCCN1C(=O)OCc1ccccc1. The number of hydrogen-bond acceptors (Lipinski definition) is 9. The van der Waals surface area contributed by atoms with Crippen molar-refractivity contribution in [2.45, 2.75) is 94.8 Å². The van der Waals surface area contributed by atoms with Gasteiger partial charge in [-0.2, -0.15) is 0 Å². The molecule has 2 saturated heterocycles. The standard InChI is InChI=1S/C36H51N6O9P/c1-25(34(45)41-21-12-19-30(41)35(46)50-2)40-52(48,49)31(23-26-13-5-3-6-14-26)39-32(43)28(17-9-10-20-37)38-33(44)29-18-11-22-42(29)36(47)51-24-27-15-7-4-8-16-27/h3-8,13-16,25,28-31H,9-12,17-24,37H2,1-2H3,(H,38,44)(H,39,43)(H2,40,48,49)/t25-,28+,29-,30-,31-/m0/s1. The van der Waals surface area contributed by atoms with Gasteiger partial charge in [-0.15, -0.1) is 0 Å². The first kappa shape index (κ1) is 40.5. The fourth-order valence-corrected chi connectivity index (χ4v) is 8.14. The molecule has 6 atom stereocenters. The van der Waals surface area contributed by atoms with E-state index in [1.165, 1.54) is 23.8 Å². The third-order valence-corrected chi connectivity index (χ3v) is 11.3. The van der Waals surface area contributed by atoms with Crippen molar-refractivity contribution in [2.24, 2.45) is 5.73 Å². The molecule has 1 unspecified atom stereocenters. The number of ether oxygens (including phenoxy) is 2. The Kier molecular flexibility index (Phi) is 15.2. The molecule has 15 nitrogen and oxygen atoms in total. The largest absolute Gasteiger partial charge is 0.467 e. The van der Waals surface area contributed by atoms with Gasteiger partial charge in [0.15, 0.2) is 0 Å². The molecule has 284 valence electrons. The number of carbonyl (C=O) groups excluding carboxylic acids is 5. The van der Waals surface area contributed by atoms with Crippen LogP contribution >= 0.6 is 7.52 Å². The van der Waals surface area contributed by atoms with Crippen molar-refractivity contribution in [3.05, 3.63) is 71.8 Å². The number of likely N-dealkylation sites (tertiary alicyclic amines) is 2. The maximum absolute atomic E-state index is 14.1. The summed E-state index contributed by atoms with van der Waals surface area (Å²) < 4.78 is 24.4. The minimum atomic E-state index is -4.55. The zero-order chi connectivity index (χ0) is 37.7. The van der Waals surface area contributed by atoms with Crippen molar-refractivity contribution in [1.29, 1.82) is 0 Å². The average Bonchev–Trinajstić information content (AvgIpc) is 3.84. The lowest BCUT2D eigenvalue weighted by molar-refractivity contribution is -0.151. The fraction of sp³-hybridized carbons (Fsp3) is 0.528. The predicted octanol–water partition coefficient (Wildman–Crippen LogP) is 2.41. The van der Waals surface area contributed by atoms with E-state index in [2.05, 4.69) is 15.7 Å². The number of methoxy groups -OCH3 is 1.